The maximum absolute atomic E-state index is 13.6. The quantitative estimate of drug-likeness (QED) is 0.568. The first-order chi connectivity index (χ1) is 13.9. The van der Waals surface area contributed by atoms with Crippen LogP contribution in [0.5, 0.6) is 0 Å². The highest BCUT2D eigenvalue weighted by Crippen LogP contribution is 2.39. The van der Waals surface area contributed by atoms with Crippen LogP contribution < -0.4 is 9.62 Å². The molecule has 0 spiro atoms. The molecule has 29 heavy (non-hydrogen) atoms. The first kappa shape index (κ1) is 19.6. The van der Waals surface area contributed by atoms with Gasteiger partial charge in [0.2, 0.25) is 5.78 Å². The summed E-state index contributed by atoms with van der Waals surface area (Å²) in [5.74, 6) is -1.04. The molecule has 0 aliphatic carbocycles. The first-order valence-electron chi connectivity index (χ1n) is 8.48. The van der Waals surface area contributed by atoms with Crippen molar-refractivity contribution in [1.29, 1.82) is 0 Å². The van der Waals surface area contributed by atoms with E-state index >= 15 is 0 Å². The van der Waals surface area contributed by atoms with E-state index in [9.17, 15) is 17.6 Å². The molecule has 148 valence electrons. The summed E-state index contributed by atoms with van der Waals surface area (Å²) in [6.45, 7) is -0.0879. The maximum atomic E-state index is 13.6. The van der Waals surface area contributed by atoms with Gasteiger partial charge in [-0.1, -0.05) is 23.7 Å². The number of nitrogens with zero attached hydrogens (tertiary/aromatic N) is 1. The van der Waals surface area contributed by atoms with Crippen LogP contribution in [0.1, 0.15) is 15.2 Å². The Kier molecular flexibility index (Phi) is 5.16. The highest BCUT2D eigenvalue weighted by Gasteiger charge is 2.41. The van der Waals surface area contributed by atoms with Crippen LogP contribution in [0.3, 0.4) is 0 Å². The number of carbonyl (C=O) groups excluding carboxylic acids is 1. The molecule has 1 N–H and O–H groups in total. The zero-order chi connectivity index (χ0) is 20.6. The molecule has 2 aromatic carbocycles. The summed E-state index contributed by atoms with van der Waals surface area (Å²) in [4.78, 5) is 12.8. The molecule has 0 amide bonds. The van der Waals surface area contributed by atoms with Crippen molar-refractivity contribution in [1.82, 2.24) is 0 Å². The van der Waals surface area contributed by atoms with Crippen LogP contribution in [0.4, 0.5) is 15.8 Å². The predicted octanol–water partition coefficient (Wildman–Crippen LogP) is 5.03. The van der Waals surface area contributed by atoms with E-state index in [4.69, 9.17) is 11.6 Å². The lowest BCUT2D eigenvalue weighted by Crippen LogP contribution is -2.38. The number of anilines is 2. The third kappa shape index (κ3) is 3.78. The van der Waals surface area contributed by atoms with Crippen LogP contribution in [-0.2, 0) is 16.6 Å². The van der Waals surface area contributed by atoms with Gasteiger partial charge in [-0.3, -0.25) is 9.10 Å². The van der Waals surface area contributed by atoms with E-state index in [2.05, 4.69) is 5.32 Å². The molecule has 2 heterocycles. The van der Waals surface area contributed by atoms with Gasteiger partial charge >= 0.3 is 0 Å². The van der Waals surface area contributed by atoms with Crippen molar-refractivity contribution in [3.05, 3.63) is 92.4 Å². The zero-order valence-electron chi connectivity index (χ0n) is 14.8. The molecule has 0 saturated carbocycles. The van der Waals surface area contributed by atoms with Crippen LogP contribution in [0, 0.1) is 5.82 Å². The molecule has 9 heteroatoms. The van der Waals surface area contributed by atoms with E-state index in [1.54, 1.807) is 41.8 Å². The monoisotopic (exact) mass is 448 g/mol. The third-order valence-electron chi connectivity index (χ3n) is 4.34. The van der Waals surface area contributed by atoms with Crippen LogP contribution in [-0.4, -0.2) is 14.2 Å². The lowest BCUT2D eigenvalue weighted by atomic mass is 10.2. The molecule has 0 unspecified atom stereocenters. The van der Waals surface area contributed by atoms with E-state index in [0.717, 1.165) is 15.6 Å². The minimum absolute atomic E-state index is 0.0879. The van der Waals surface area contributed by atoms with Crippen molar-refractivity contribution in [2.75, 3.05) is 9.62 Å². The van der Waals surface area contributed by atoms with Crippen LogP contribution in [0.25, 0.3) is 0 Å². The Morgan fingerprint density at radius 2 is 1.90 bits per heavy atom. The van der Waals surface area contributed by atoms with Gasteiger partial charge in [0, 0.05) is 16.9 Å². The molecule has 0 saturated heterocycles. The molecule has 0 fully saturated rings. The minimum atomic E-state index is -4.15. The summed E-state index contributed by atoms with van der Waals surface area (Å²) in [5, 5.41) is 5.04. The lowest BCUT2D eigenvalue weighted by molar-refractivity contribution is 0.104. The highest BCUT2D eigenvalue weighted by atomic mass is 35.5. The Balaban J connectivity index is 1.74. The number of fused-ring (bicyclic) bond motifs is 1. The molecule has 0 atom stereocenters. The Morgan fingerprint density at radius 1 is 1.14 bits per heavy atom. The van der Waals surface area contributed by atoms with E-state index in [1.807, 2.05) is 0 Å². The first-order valence-corrected chi connectivity index (χ1v) is 11.2. The lowest BCUT2D eigenvalue weighted by Gasteiger charge is -2.29. The smallest absolute Gasteiger partial charge is 0.270 e. The summed E-state index contributed by atoms with van der Waals surface area (Å²) in [7, 11) is -4.15. The fraction of sp³-hybridized carbons (Fsp3) is 0.0500. The van der Waals surface area contributed by atoms with Crippen LogP contribution >= 0.6 is 22.9 Å². The third-order valence-corrected chi connectivity index (χ3v) is 7.26. The molecular formula is C20H14ClFN2O3S2. The standard InChI is InChI=1S/C20H14ClFN2O3S2/c21-14-4-6-16(7-5-14)23-11-18-19(25)20-17(8-9-28-20)24(29(18,26)27)12-13-2-1-3-15(22)10-13/h1-11,23H,12H2/b18-11-. The van der Waals surface area contributed by atoms with E-state index < -0.39 is 21.6 Å². The molecule has 3 aromatic rings. The number of nitrogens with one attached hydrogen (secondary N) is 1. The molecule has 0 radical (unpaired) electrons. The van der Waals surface area contributed by atoms with Crippen molar-refractivity contribution < 1.29 is 17.6 Å². The van der Waals surface area contributed by atoms with Crippen molar-refractivity contribution in [3.63, 3.8) is 0 Å². The number of Topliss-reactive ketones (excluding diaryl/α,β-unsaturated/α-hetero) is 1. The number of carbonyl (C=O) groups is 1. The topological polar surface area (TPSA) is 66.5 Å². The zero-order valence-corrected chi connectivity index (χ0v) is 17.2. The number of benzene rings is 2. The number of sulfonamides is 1. The normalized spacial score (nSPS) is 16.7. The number of hydrogen-bond donors (Lipinski definition) is 1. The Hall–Kier alpha value is -2.68. The number of hydrogen-bond acceptors (Lipinski definition) is 5. The predicted molar refractivity (Wildman–Crippen MR) is 113 cm³/mol. The summed E-state index contributed by atoms with van der Waals surface area (Å²) >= 11 is 7.02. The summed E-state index contributed by atoms with van der Waals surface area (Å²) in [6, 6.07) is 13.9. The van der Waals surface area contributed by atoms with Gasteiger partial charge in [0.25, 0.3) is 10.0 Å². The molecule has 0 bridgehead atoms. The molecule has 1 aliphatic heterocycles. The fourth-order valence-electron chi connectivity index (χ4n) is 2.95. The Morgan fingerprint density at radius 3 is 2.62 bits per heavy atom. The van der Waals surface area contributed by atoms with Crippen molar-refractivity contribution in [2.45, 2.75) is 6.54 Å². The number of thiophene rings is 1. The number of ketones is 1. The molecule has 4 rings (SSSR count). The van der Waals surface area contributed by atoms with Gasteiger partial charge in [-0.05, 0) is 53.4 Å². The van der Waals surface area contributed by atoms with Crippen LogP contribution in [0.15, 0.2) is 71.1 Å². The maximum Gasteiger partial charge on any atom is 0.270 e. The molecule has 1 aliphatic rings. The number of halogens is 2. The summed E-state index contributed by atoms with van der Waals surface area (Å²) < 4.78 is 41.2. The second kappa shape index (κ2) is 7.62. The van der Waals surface area contributed by atoms with Gasteiger partial charge in [0.15, 0.2) is 4.91 Å². The van der Waals surface area contributed by atoms with E-state index in [0.29, 0.717) is 26.8 Å². The average Bonchev–Trinajstić information content (AvgIpc) is 3.16. The second-order valence-electron chi connectivity index (χ2n) is 6.27. The average molecular weight is 449 g/mol. The van der Waals surface area contributed by atoms with Gasteiger partial charge in [-0.2, -0.15) is 0 Å². The van der Waals surface area contributed by atoms with Crippen LogP contribution in [0.2, 0.25) is 5.02 Å². The van der Waals surface area contributed by atoms with Gasteiger partial charge < -0.3 is 5.32 Å². The van der Waals surface area contributed by atoms with E-state index in [1.165, 1.54) is 24.4 Å². The van der Waals surface area contributed by atoms with Gasteiger partial charge in [0.1, 0.15) is 10.7 Å². The summed E-state index contributed by atoms with van der Waals surface area (Å²) in [5.41, 5.74) is 1.36. The van der Waals surface area contributed by atoms with Gasteiger partial charge in [0.05, 0.1) is 12.2 Å². The Labute approximate surface area is 176 Å². The summed E-state index contributed by atoms with van der Waals surface area (Å²) in [6.07, 6.45) is 1.18. The van der Waals surface area contributed by atoms with Gasteiger partial charge in [-0.25, -0.2) is 12.8 Å². The molecule has 1 aromatic heterocycles. The van der Waals surface area contributed by atoms with Crippen molar-refractivity contribution >= 4 is 50.1 Å². The molecular weight excluding hydrogens is 435 g/mol. The second-order valence-corrected chi connectivity index (χ2v) is 9.45. The number of allylic oxidation sites excluding steroid dienone is 1. The van der Waals surface area contributed by atoms with Gasteiger partial charge in [-0.15, -0.1) is 11.3 Å². The van der Waals surface area contributed by atoms with E-state index in [-0.39, 0.29) is 11.4 Å². The highest BCUT2D eigenvalue weighted by molar-refractivity contribution is 7.97. The molecule has 5 nitrogen and oxygen atoms in total. The van der Waals surface area contributed by atoms with Crippen molar-refractivity contribution in [3.8, 4) is 0 Å². The Bertz CT molecular complexity index is 1220. The minimum Gasteiger partial charge on any atom is -0.360 e. The fourth-order valence-corrected chi connectivity index (χ4v) is 5.56. The number of rotatable bonds is 4. The van der Waals surface area contributed by atoms with Crippen molar-refractivity contribution in [2.24, 2.45) is 0 Å². The SMILES string of the molecule is O=C1/C(=C/Nc2ccc(Cl)cc2)S(=O)(=O)N(Cc2cccc(F)c2)c2ccsc21. The largest absolute Gasteiger partial charge is 0.360 e.